The summed E-state index contributed by atoms with van der Waals surface area (Å²) in [5.41, 5.74) is 0.953. The quantitative estimate of drug-likeness (QED) is 0.710. The smallest absolute Gasteiger partial charge is 0.251 e. The first kappa shape index (κ1) is 14.3. The number of carbonyl (C=O) groups is 2. The Morgan fingerprint density at radius 2 is 2.35 bits per heavy atom. The van der Waals surface area contributed by atoms with Gasteiger partial charge in [0.1, 0.15) is 5.75 Å². The lowest BCUT2D eigenvalue weighted by atomic mass is 10.1. The second-order valence-corrected chi connectivity index (χ2v) is 4.75. The SMILES string of the molecule is CC1COc2ccc(C(=O)NCCCO)cc2NC1=O. The number of amides is 2. The minimum Gasteiger partial charge on any atom is -0.491 e. The van der Waals surface area contributed by atoms with E-state index >= 15 is 0 Å². The fourth-order valence-electron chi connectivity index (χ4n) is 1.82. The Morgan fingerprint density at radius 3 is 3.10 bits per heavy atom. The third-order valence-electron chi connectivity index (χ3n) is 3.06. The van der Waals surface area contributed by atoms with E-state index in [4.69, 9.17) is 9.84 Å². The number of nitrogens with one attached hydrogen (secondary N) is 2. The van der Waals surface area contributed by atoms with Crippen LogP contribution in [-0.4, -0.2) is 36.7 Å². The predicted octanol–water partition coefficient (Wildman–Crippen LogP) is 0.766. The predicted molar refractivity (Wildman–Crippen MR) is 73.8 cm³/mol. The van der Waals surface area contributed by atoms with Crippen LogP contribution in [0, 0.1) is 5.92 Å². The largest absolute Gasteiger partial charge is 0.491 e. The zero-order valence-electron chi connectivity index (χ0n) is 11.3. The van der Waals surface area contributed by atoms with Crippen molar-refractivity contribution in [1.82, 2.24) is 5.32 Å². The Morgan fingerprint density at radius 1 is 1.55 bits per heavy atom. The summed E-state index contributed by atoms with van der Waals surface area (Å²) in [6.07, 6.45) is 0.508. The Bertz CT molecular complexity index is 516. The monoisotopic (exact) mass is 278 g/mol. The first-order valence-corrected chi connectivity index (χ1v) is 6.58. The molecule has 1 aromatic rings. The summed E-state index contributed by atoms with van der Waals surface area (Å²) in [6.45, 7) is 2.54. The van der Waals surface area contributed by atoms with Crippen molar-refractivity contribution >= 4 is 17.5 Å². The average molecular weight is 278 g/mol. The molecule has 0 spiro atoms. The van der Waals surface area contributed by atoms with Gasteiger partial charge in [0.25, 0.3) is 5.91 Å². The lowest BCUT2D eigenvalue weighted by molar-refractivity contribution is -0.119. The van der Waals surface area contributed by atoms with Gasteiger partial charge in [-0.25, -0.2) is 0 Å². The lowest BCUT2D eigenvalue weighted by Crippen LogP contribution is -2.25. The van der Waals surface area contributed by atoms with Crippen LogP contribution >= 0.6 is 0 Å². The minimum atomic E-state index is -0.243. The van der Waals surface area contributed by atoms with E-state index in [1.54, 1.807) is 25.1 Å². The summed E-state index contributed by atoms with van der Waals surface area (Å²) in [5.74, 6) is -0.0341. The second-order valence-electron chi connectivity index (χ2n) is 4.75. The van der Waals surface area contributed by atoms with E-state index < -0.39 is 0 Å². The molecular formula is C14H18N2O4. The molecule has 20 heavy (non-hydrogen) atoms. The van der Waals surface area contributed by atoms with E-state index in [1.807, 2.05) is 0 Å². The Balaban J connectivity index is 2.13. The van der Waals surface area contributed by atoms with Crippen molar-refractivity contribution in [3.05, 3.63) is 23.8 Å². The van der Waals surface area contributed by atoms with Crippen LogP contribution < -0.4 is 15.4 Å². The van der Waals surface area contributed by atoms with Crippen LogP contribution in [0.5, 0.6) is 5.75 Å². The number of ether oxygens (including phenoxy) is 1. The molecule has 0 radical (unpaired) electrons. The maximum absolute atomic E-state index is 11.9. The third kappa shape index (κ3) is 3.27. The van der Waals surface area contributed by atoms with Gasteiger partial charge in [0.15, 0.2) is 0 Å². The number of benzene rings is 1. The van der Waals surface area contributed by atoms with Gasteiger partial charge >= 0.3 is 0 Å². The fourth-order valence-corrected chi connectivity index (χ4v) is 1.82. The van der Waals surface area contributed by atoms with Crippen LogP contribution in [0.1, 0.15) is 23.7 Å². The molecular weight excluding hydrogens is 260 g/mol. The molecule has 1 heterocycles. The standard InChI is InChI=1S/C14H18N2O4/c1-9-8-20-12-4-3-10(7-11(12)16-13(9)18)14(19)15-5-2-6-17/h3-4,7,9,17H,2,5-6,8H2,1H3,(H,15,19)(H,16,18). The topological polar surface area (TPSA) is 87.7 Å². The van der Waals surface area contributed by atoms with Gasteiger partial charge in [-0.1, -0.05) is 6.92 Å². The number of hydrogen-bond donors (Lipinski definition) is 3. The molecule has 0 fully saturated rings. The van der Waals surface area contributed by atoms with Gasteiger partial charge in [-0.15, -0.1) is 0 Å². The number of carbonyl (C=O) groups excluding carboxylic acids is 2. The summed E-state index contributed by atoms with van der Waals surface area (Å²) in [4.78, 5) is 23.6. The van der Waals surface area contributed by atoms with E-state index in [0.717, 1.165) is 0 Å². The molecule has 1 atom stereocenters. The first-order valence-electron chi connectivity index (χ1n) is 6.58. The summed E-state index contributed by atoms with van der Waals surface area (Å²) in [6, 6.07) is 4.92. The molecule has 0 aromatic heterocycles. The number of aliphatic hydroxyl groups excluding tert-OH is 1. The molecule has 1 aliphatic heterocycles. The number of aliphatic hydroxyl groups is 1. The Hall–Kier alpha value is -2.08. The molecule has 6 heteroatoms. The van der Waals surface area contributed by atoms with Crippen molar-refractivity contribution in [2.24, 2.45) is 5.92 Å². The molecule has 0 bridgehead atoms. The molecule has 1 aliphatic rings. The number of rotatable bonds is 4. The van der Waals surface area contributed by atoms with Crippen LogP contribution in [0.25, 0.3) is 0 Å². The normalized spacial score (nSPS) is 17.5. The summed E-state index contributed by atoms with van der Waals surface area (Å²) >= 11 is 0. The van der Waals surface area contributed by atoms with Crippen LogP contribution in [-0.2, 0) is 4.79 Å². The van der Waals surface area contributed by atoms with Gasteiger partial charge in [-0.05, 0) is 24.6 Å². The van der Waals surface area contributed by atoms with Crippen molar-refractivity contribution in [3.8, 4) is 5.75 Å². The Kier molecular flexibility index (Phi) is 4.57. The molecule has 2 amide bonds. The van der Waals surface area contributed by atoms with Crippen LogP contribution in [0.3, 0.4) is 0 Å². The maximum Gasteiger partial charge on any atom is 0.251 e. The van der Waals surface area contributed by atoms with Gasteiger partial charge in [-0.3, -0.25) is 9.59 Å². The number of fused-ring (bicyclic) bond motifs is 1. The molecule has 0 saturated heterocycles. The summed E-state index contributed by atoms with van der Waals surface area (Å²) in [7, 11) is 0. The molecule has 0 saturated carbocycles. The molecule has 2 rings (SSSR count). The average Bonchev–Trinajstić information content (AvgIpc) is 2.58. The highest BCUT2D eigenvalue weighted by molar-refractivity contribution is 5.99. The van der Waals surface area contributed by atoms with E-state index in [-0.39, 0.29) is 24.3 Å². The van der Waals surface area contributed by atoms with Gasteiger partial charge in [0, 0.05) is 18.7 Å². The molecule has 1 unspecified atom stereocenters. The van der Waals surface area contributed by atoms with Crippen molar-refractivity contribution < 1.29 is 19.4 Å². The van der Waals surface area contributed by atoms with Crippen molar-refractivity contribution in [1.29, 1.82) is 0 Å². The van der Waals surface area contributed by atoms with Crippen molar-refractivity contribution in [2.75, 3.05) is 25.1 Å². The highest BCUT2D eigenvalue weighted by atomic mass is 16.5. The highest BCUT2D eigenvalue weighted by Crippen LogP contribution is 2.29. The molecule has 1 aromatic carbocycles. The molecule has 108 valence electrons. The van der Waals surface area contributed by atoms with Gasteiger partial charge in [-0.2, -0.15) is 0 Å². The zero-order valence-corrected chi connectivity index (χ0v) is 11.3. The van der Waals surface area contributed by atoms with Crippen molar-refractivity contribution in [3.63, 3.8) is 0 Å². The zero-order chi connectivity index (χ0) is 14.5. The van der Waals surface area contributed by atoms with E-state index in [9.17, 15) is 9.59 Å². The first-order chi connectivity index (χ1) is 9.61. The fraction of sp³-hybridized carbons (Fsp3) is 0.429. The minimum absolute atomic E-state index is 0.0340. The number of anilines is 1. The number of hydrogen-bond acceptors (Lipinski definition) is 4. The van der Waals surface area contributed by atoms with Gasteiger partial charge < -0.3 is 20.5 Å². The molecule has 0 aliphatic carbocycles. The highest BCUT2D eigenvalue weighted by Gasteiger charge is 2.21. The van der Waals surface area contributed by atoms with Crippen LogP contribution in [0.4, 0.5) is 5.69 Å². The lowest BCUT2D eigenvalue weighted by Gasteiger charge is -2.09. The molecule has 6 nitrogen and oxygen atoms in total. The van der Waals surface area contributed by atoms with E-state index in [1.165, 1.54) is 0 Å². The van der Waals surface area contributed by atoms with E-state index in [0.29, 0.717) is 36.6 Å². The summed E-state index contributed by atoms with van der Waals surface area (Å²) < 4.78 is 5.52. The van der Waals surface area contributed by atoms with E-state index in [2.05, 4.69) is 10.6 Å². The van der Waals surface area contributed by atoms with Gasteiger partial charge in [0.2, 0.25) is 5.91 Å². The molecule has 3 N–H and O–H groups in total. The van der Waals surface area contributed by atoms with Crippen LogP contribution in [0.15, 0.2) is 18.2 Å². The van der Waals surface area contributed by atoms with Gasteiger partial charge in [0.05, 0.1) is 18.2 Å². The van der Waals surface area contributed by atoms with Crippen molar-refractivity contribution in [2.45, 2.75) is 13.3 Å². The summed E-state index contributed by atoms with van der Waals surface area (Å²) in [5, 5.41) is 14.1. The second kappa shape index (κ2) is 6.38. The van der Waals surface area contributed by atoms with Crippen LogP contribution in [0.2, 0.25) is 0 Å². The third-order valence-corrected chi connectivity index (χ3v) is 3.06. The maximum atomic E-state index is 11.9. The Labute approximate surface area is 117 Å².